The van der Waals surface area contributed by atoms with Crippen molar-refractivity contribution in [3.05, 3.63) is 35.7 Å². The standard InChI is InChI=1S/C16H22N4O3/c1-5-11-8-13(23-20-11)10-18-16(17-2)19-12-6-7-14(21-3)15(9-12)22-4/h6-9H,5,10H2,1-4H3,(H2,17,18,19). The summed E-state index contributed by atoms with van der Waals surface area (Å²) in [6, 6.07) is 7.49. The van der Waals surface area contributed by atoms with Gasteiger partial charge in [-0.15, -0.1) is 0 Å². The Balaban J connectivity index is 1.99. The van der Waals surface area contributed by atoms with Crippen LogP contribution in [-0.4, -0.2) is 32.4 Å². The van der Waals surface area contributed by atoms with Gasteiger partial charge in [0.2, 0.25) is 0 Å². The van der Waals surface area contributed by atoms with Crippen LogP contribution in [0.3, 0.4) is 0 Å². The minimum absolute atomic E-state index is 0.500. The van der Waals surface area contributed by atoms with Gasteiger partial charge in [-0.25, -0.2) is 0 Å². The van der Waals surface area contributed by atoms with Gasteiger partial charge in [-0.05, 0) is 18.6 Å². The maximum atomic E-state index is 5.29. The number of hydrogen-bond acceptors (Lipinski definition) is 5. The Morgan fingerprint density at radius 1 is 1.22 bits per heavy atom. The molecular weight excluding hydrogens is 296 g/mol. The number of aromatic nitrogens is 1. The highest BCUT2D eigenvalue weighted by molar-refractivity contribution is 5.93. The van der Waals surface area contributed by atoms with Gasteiger partial charge < -0.3 is 24.6 Å². The van der Waals surface area contributed by atoms with Crippen molar-refractivity contribution in [3.63, 3.8) is 0 Å². The number of aliphatic imine (C=N–C) groups is 1. The zero-order chi connectivity index (χ0) is 16.7. The zero-order valence-corrected chi connectivity index (χ0v) is 13.8. The van der Waals surface area contributed by atoms with Crippen LogP contribution in [0.5, 0.6) is 11.5 Å². The van der Waals surface area contributed by atoms with E-state index in [-0.39, 0.29) is 0 Å². The topological polar surface area (TPSA) is 80.9 Å². The first kappa shape index (κ1) is 16.7. The van der Waals surface area contributed by atoms with Gasteiger partial charge in [-0.2, -0.15) is 0 Å². The molecule has 0 saturated heterocycles. The lowest BCUT2D eigenvalue weighted by molar-refractivity contribution is 0.355. The molecule has 23 heavy (non-hydrogen) atoms. The third-order valence-corrected chi connectivity index (χ3v) is 3.27. The van der Waals surface area contributed by atoms with Crippen molar-refractivity contribution in [2.24, 2.45) is 4.99 Å². The molecule has 0 radical (unpaired) electrons. The molecule has 0 aliphatic carbocycles. The van der Waals surface area contributed by atoms with Gasteiger partial charge in [0.15, 0.2) is 23.2 Å². The van der Waals surface area contributed by atoms with Crippen LogP contribution >= 0.6 is 0 Å². The van der Waals surface area contributed by atoms with E-state index in [0.717, 1.165) is 23.6 Å². The molecule has 7 heteroatoms. The van der Waals surface area contributed by atoms with Gasteiger partial charge in [0.05, 0.1) is 26.5 Å². The fourth-order valence-corrected chi connectivity index (χ4v) is 2.01. The van der Waals surface area contributed by atoms with Crippen molar-refractivity contribution >= 4 is 11.6 Å². The van der Waals surface area contributed by atoms with E-state index in [1.807, 2.05) is 31.2 Å². The Bertz CT molecular complexity index is 667. The molecule has 2 N–H and O–H groups in total. The van der Waals surface area contributed by atoms with E-state index in [2.05, 4.69) is 20.8 Å². The molecule has 2 aromatic rings. The molecule has 1 aromatic carbocycles. The maximum absolute atomic E-state index is 5.29. The van der Waals surface area contributed by atoms with Crippen molar-refractivity contribution < 1.29 is 14.0 Å². The monoisotopic (exact) mass is 318 g/mol. The molecule has 1 aromatic heterocycles. The van der Waals surface area contributed by atoms with E-state index in [1.54, 1.807) is 21.3 Å². The van der Waals surface area contributed by atoms with Crippen molar-refractivity contribution in [1.29, 1.82) is 0 Å². The van der Waals surface area contributed by atoms with Gasteiger partial charge in [-0.1, -0.05) is 12.1 Å². The van der Waals surface area contributed by atoms with E-state index in [1.165, 1.54) is 0 Å². The van der Waals surface area contributed by atoms with Crippen LogP contribution in [0, 0.1) is 0 Å². The molecule has 0 aliphatic rings. The van der Waals surface area contributed by atoms with Crippen molar-refractivity contribution in [1.82, 2.24) is 10.5 Å². The summed E-state index contributed by atoms with van der Waals surface area (Å²) in [5.74, 6) is 2.70. The second kappa shape index (κ2) is 8.07. The van der Waals surface area contributed by atoms with Crippen molar-refractivity contribution in [2.75, 3.05) is 26.6 Å². The summed E-state index contributed by atoms with van der Waals surface area (Å²) in [7, 11) is 4.91. The van der Waals surface area contributed by atoms with E-state index in [4.69, 9.17) is 14.0 Å². The number of anilines is 1. The summed E-state index contributed by atoms with van der Waals surface area (Å²) in [5, 5.41) is 10.3. The molecule has 0 unspecified atom stereocenters. The van der Waals surface area contributed by atoms with Crippen LogP contribution in [-0.2, 0) is 13.0 Å². The molecule has 7 nitrogen and oxygen atoms in total. The predicted molar refractivity (Wildman–Crippen MR) is 89.2 cm³/mol. The van der Waals surface area contributed by atoms with Crippen LogP contribution in [0.1, 0.15) is 18.4 Å². The summed E-state index contributed by atoms with van der Waals surface area (Å²) in [6.07, 6.45) is 0.849. The average Bonchev–Trinajstić information content (AvgIpc) is 3.06. The summed E-state index contributed by atoms with van der Waals surface area (Å²) >= 11 is 0. The fraction of sp³-hybridized carbons (Fsp3) is 0.375. The predicted octanol–water partition coefficient (Wildman–Crippen LogP) is 2.44. The molecule has 2 rings (SSSR count). The smallest absolute Gasteiger partial charge is 0.195 e. The third-order valence-electron chi connectivity index (χ3n) is 3.27. The van der Waals surface area contributed by atoms with Gasteiger partial charge >= 0.3 is 0 Å². The first-order valence-electron chi connectivity index (χ1n) is 7.34. The Hall–Kier alpha value is -2.70. The van der Waals surface area contributed by atoms with E-state index >= 15 is 0 Å². The largest absolute Gasteiger partial charge is 0.493 e. The highest BCUT2D eigenvalue weighted by Crippen LogP contribution is 2.29. The highest BCUT2D eigenvalue weighted by atomic mass is 16.5. The summed E-state index contributed by atoms with van der Waals surface area (Å²) < 4.78 is 15.7. The molecule has 0 atom stereocenters. The second-order valence-corrected chi connectivity index (χ2v) is 4.76. The van der Waals surface area contributed by atoms with Crippen LogP contribution in [0.25, 0.3) is 0 Å². The summed E-state index contributed by atoms with van der Waals surface area (Å²) in [6.45, 7) is 2.53. The van der Waals surface area contributed by atoms with E-state index < -0.39 is 0 Å². The Kier molecular flexibility index (Phi) is 5.85. The lowest BCUT2D eigenvalue weighted by atomic mass is 10.2. The van der Waals surface area contributed by atoms with Crippen molar-refractivity contribution in [2.45, 2.75) is 19.9 Å². The van der Waals surface area contributed by atoms with Gasteiger partial charge in [-0.3, -0.25) is 4.99 Å². The van der Waals surface area contributed by atoms with E-state index in [0.29, 0.717) is 24.0 Å². The zero-order valence-electron chi connectivity index (χ0n) is 13.8. The number of methoxy groups -OCH3 is 2. The van der Waals surface area contributed by atoms with Crippen LogP contribution in [0.2, 0.25) is 0 Å². The molecule has 0 fully saturated rings. The minimum Gasteiger partial charge on any atom is -0.493 e. The normalized spacial score (nSPS) is 11.2. The molecule has 1 heterocycles. The van der Waals surface area contributed by atoms with Crippen LogP contribution < -0.4 is 20.1 Å². The number of guanidine groups is 1. The molecule has 0 amide bonds. The maximum Gasteiger partial charge on any atom is 0.195 e. The first-order chi connectivity index (χ1) is 11.2. The number of nitrogens with zero attached hydrogens (tertiary/aromatic N) is 2. The van der Waals surface area contributed by atoms with Gasteiger partial charge in [0.1, 0.15) is 0 Å². The van der Waals surface area contributed by atoms with Gasteiger partial charge in [0.25, 0.3) is 0 Å². The van der Waals surface area contributed by atoms with E-state index in [9.17, 15) is 0 Å². The number of hydrogen-bond donors (Lipinski definition) is 2. The molecule has 124 valence electrons. The number of benzene rings is 1. The lowest BCUT2D eigenvalue weighted by Gasteiger charge is -2.13. The Labute approximate surface area is 135 Å². The van der Waals surface area contributed by atoms with Crippen LogP contribution in [0.15, 0.2) is 33.8 Å². The molecular formula is C16H22N4O3. The second-order valence-electron chi connectivity index (χ2n) is 4.76. The quantitative estimate of drug-likeness (QED) is 0.629. The Morgan fingerprint density at radius 2 is 2.00 bits per heavy atom. The molecule has 0 saturated carbocycles. The molecule has 0 bridgehead atoms. The SMILES string of the molecule is CCc1cc(CNC(=NC)Nc2ccc(OC)c(OC)c2)on1. The number of aryl methyl sites for hydroxylation is 1. The minimum atomic E-state index is 0.500. The van der Waals surface area contributed by atoms with Crippen molar-refractivity contribution in [3.8, 4) is 11.5 Å². The van der Waals surface area contributed by atoms with Gasteiger partial charge in [0, 0.05) is 24.9 Å². The molecule has 0 aliphatic heterocycles. The summed E-state index contributed by atoms with van der Waals surface area (Å²) in [5.41, 5.74) is 1.77. The highest BCUT2D eigenvalue weighted by Gasteiger charge is 2.07. The molecule has 0 spiro atoms. The lowest BCUT2D eigenvalue weighted by Crippen LogP contribution is -2.30. The van der Waals surface area contributed by atoms with Crippen LogP contribution in [0.4, 0.5) is 5.69 Å². The summed E-state index contributed by atoms with van der Waals surface area (Å²) in [4.78, 5) is 4.18. The fourth-order valence-electron chi connectivity index (χ4n) is 2.01. The average molecular weight is 318 g/mol. The first-order valence-corrected chi connectivity index (χ1v) is 7.34. The number of nitrogens with one attached hydrogen (secondary N) is 2. The Morgan fingerprint density at radius 3 is 2.61 bits per heavy atom. The number of rotatable bonds is 6. The number of ether oxygens (including phenoxy) is 2. The third kappa shape index (κ3) is 4.38.